The molecule has 0 saturated carbocycles. The highest BCUT2D eigenvalue weighted by Gasteiger charge is 2.46. The van der Waals surface area contributed by atoms with Crippen LogP contribution in [0.1, 0.15) is 11.3 Å². The molecule has 28 heavy (non-hydrogen) atoms. The Morgan fingerprint density at radius 3 is 2.50 bits per heavy atom. The molecule has 0 spiro atoms. The van der Waals surface area contributed by atoms with Crippen LogP contribution in [0.2, 0.25) is 0 Å². The van der Waals surface area contributed by atoms with Gasteiger partial charge in [0.2, 0.25) is 5.95 Å². The van der Waals surface area contributed by atoms with Crippen LogP contribution in [0, 0.1) is 13.8 Å². The maximum absolute atomic E-state index is 12.7. The number of hydrogen-bond acceptors (Lipinski definition) is 7. The van der Waals surface area contributed by atoms with Crippen LogP contribution in [-0.2, 0) is 9.84 Å². The maximum atomic E-state index is 12.7. The van der Waals surface area contributed by atoms with Gasteiger partial charge in [0.05, 0.1) is 4.90 Å². The van der Waals surface area contributed by atoms with Crippen molar-refractivity contribution in [3.8, 4) is 0 Å². The van der Waals surface area contributed by atoms with Gasteiger partial charge in [-0.05, 0) is 38.1 Å². The summed E-state index contributed by atoms with van der Waals surface area (Å²) >= 11 is 0. The molecule has 1 aromatic carbocycles. The molecule has 0 fully saturated rings. The molecule has 3 rings (SSSR count). The number of aromatic nitrogens is 4. The van der Waals surface area contributed by atoms with Crippen molar-refractivity contribution in [3.05, 3.63) is 47.8 Å². The van der Waals surface area contributed by atoms with E-state index in [1.165, 1.54) is 18.3 Å². The largest absolute Gasteiger partial charge is 0.501 e. The van der Waals surface area contributed by atoms with E-state index in [2.05, 4.69) is 30.8 Å². The monoisotopic (exact) mass is 412 g/mol. The first kappa shape index (κ1) is 19.6. The first-order valence-electron chi connectivity index (χ1n) is 7.88. The van der Waals surface area contributed by atoms with E-state index in [1.807, 2.05) is 13.8 Å². The molecule has 0 radical (unpaired) electrons. The lowest BCUT2D eigenvalue weighted by atomic mass is 10.3. The minimum atomic E-state index is -5.45. The highest BCUT2D eigenvalue weighted by molar-refractivity contribution is 7.92. The van der Waals surface area contributed by atoms with Crippen molar-refractivity contribution in [2.45, 2.75) is 24.3 Å². The third kappa shape index (κ3) is 3.91. The Hall–Kier alpha value is -3.15. The lowest BCUT2D eigenvalue weighted by molar-refractivity contribution is -0.0435. The van der Waals surface area contributed by atoms with Crippen LogP contribution in [-0.4, -0.2) is 34.1 Å². The summed E-state index contributed by atoms with van der Waals surface area (Å²) in [4.78, 5) is 7.30. The number of sulfone groups is 1. The fourth-order valence-corrected chi connectivity index (χ4v) is 3.03. The van der Waals surface area contributed by atoms with Gasteiger partial charge < -0.3 is 10.6 Å². The molecule has 0 aliphatic carbocycles. The average Bonchev–Trinajstić information content (AvgIpc) is 2.93. The van der Waals surface area contributed by atoms with Crippen molar-refractivity contribution in [1.29, 1.82) is 0 Å². The Morgan fingerprint density at radius 1 is 1.11 bits per heavy atom. The fourth-order valence-electron chi connectivity index (χ4n) is 2.22. The van der Waals surface area contributed by atoms with E-state index in [0.717, 1.165) is 23.4 Å². The molecule has 148 valence electrons. The van der Waals surface area contributed by atoms with Crippen LogP contribution in [0.3, 0.4) is 0 Å². The molecule has 2 heterocycles. The summed E-state index contributed by atoms with van der Waals surface area (Å²) in [5, 5.41) is 12.6. The number of rotatable bonds is 5. The van der Waals surface area contributed by atoms with Gasteiger partial charge in [-0.3, -0.25) is 5.10 Å². The van der Waals surface area contributed by atoms with Crippen LogP contribution >= 0.6 is 0 Å². The van der Waals surface area contributed by atoms with Crippen LogP contribution in [0.25, 0.3) is 0 Å². The van der Waals surface area contributed by atoms with Gasteiger partial charge in [-0.2, -0.15) is 23.3 Å². The number of nitrogens with zero attached hydrogens (tertiary/aromatic N) is 3. The van der Waals surface area contributed by atoms with Gasteiger partial charge in [-0.1, -0.05) is 6.07 Å². The van der Waals surface area contributed by atoms with Crippen molar-refractivity contribution >= 4 is 33.1 Å². The van der Waals surface area contributed by atoms with E-state index in [9.17, 15) is 21.6 Å². The molecule has 0 amide bonds. The zero-order chi connectivity index (χ0) is 20.5. The second kappa shape index (κ2) is 7.11. The molecule has 0 bridgehead atoms. The van der Waals surface area contributed by atoms with Crippen molar-refractivity contribution in [2.75, 3.05) is 10.6 Å². The number of alkyl halides is 3. The van der Waals surface area contributed by atoms with Gasteiger partial charge in [-0.25, -0.2) is 13.4 Å². The fraction of sp³-hybridized carbons (Fsp3) is 0.188. The van der Waals surface area contributed by atoms with E-state index in [-0.39, 0.29) is 11.6 Å². The van der Waals surface area contributed by atoms with E-state index < -0.39 is 20.2 Å². The van der Waals surface area contributed by atoms with Crippen LogP contribution in [0.5, 0.6) is 0 Å². The quantitative estimate of drug-likeness (QED) is 0.587. The number of hydrogen-bond donors (Lipinski definition) is 3. The minimum absolute atomic E-state index is 0.0662. The lowest BCUT2D eigenvalue weighted by Gasteiger charge is -2.11. The van der Waals surface area contributed by atoms with Gasteiger partial charge in [-0.15, -0.1) is 0 Å². The summed E-state index contributed by atoms with van der Waals surface area (Å²) in [5.74, 6) is 1.03. The number of aryl methyl sites for hydroxylation is 1. The normalized spacial score (nSPS) is 12.0. The van der Waals surface area contributed by atoms with Gasteiger partial charge >= 0.3 is 5.51 Å². The molecule has 2 aromatic heterocycles. The van der Waals surface area contributed by atoms with Crippen LogP contribution in [0.15, 0.2) is 41.4 Å². The lowest BCUT2D eigenvalue weighted by Crippen LogP contribution is -2.23. The average molecular weight is 412 g/mol. The number of H-pyrrole nitrogens is 1. The third-order valence-electron chi connectivity index (χ3n) is 3.86. The van der Waals surface area contributed by atoms with Crippen molar-refractivity contribution < 1.29 is 21.6 Å². The van der Waals surface area contributed by atoms with Gasteiger partial charge in [0.25, 0.3) is 9.84 Å². The molecule has 0 aliphatic rings. The molecule has 12 heteroatoms. The Bertz CT molecular complexity index is 1110. The molecular formula is C16H15F3N6O2S. The SMILES string of the molecule is Cc1[nH]nc(Nc2ccnc(Nc3cccc(S(=O)(=O)C(F)(F)F)c3)n2)c1C. The highest BCUT2D eigenvalue weighted by Crippen LogP contribution is 2.31. The molecule has 3 N–H and O–H groups in total. The summed E-state index contributed by atoms with van der Waals surface area (Å²) in [6.45, 7) is 3.73. The van der Waals surface area contributed by atoms with Crippen LogP contribution in [0.4, 0.5) is 36.4 Å². The molecule has 0 unspecified atom stereocenters. The zero-order valence-electron chi connectivity index (χ0n) is 14.7. The Labute approximate surface area is 158 Å². The standard InChI is InChI=1S/C16H15F3N6O2S/c1-9-10(2)24-25-14(9)22-13-6-7-20-15(23-13)21-11-4-3-5-12(8-11)28(26,27)16(17,18)19/h3-8H,1-2H3,(H3,20,21,22,23,24,25). The van der Waals surface area contributed by atoms with Crippen molar-refractivity contribution in [2.24, 2.45) is 0 Å². The first-order chi connectivity index (χ1) is 13.1. The molecule has 8 nitrogen and oxygen atoms in total. The number of aromatic amines is 1. The molecule has 0 aliphatic heterocycles. The summed E-state index contributed by atoms with van der Waals surface area (Å²) in [5.41, 5.74) is -3.50. The molecule has 0 atom stereocenters. The second-order valence-corrected chi connectivity index (χ2v) is 7.76. The number of halogens is 3. The summed E-state index contributed by atoms with van der Waals surface area (Å²) in [7, 11) is -5.45. The number of benzene rings is 1. The summed E-state index contributed by atoms with van der Waals surface area (Å²) in [6.07, 6.45) is 1.43. The van der Waals surface area contributed by atoms with Gasteiger partial charge in [0.15, 0.2) is 5.82 Å². The highest BCUT2D eigenvalue weighted by atomic mass is 32.2. The molecular weight excluding hydrogens is 397 g/mol. The predicted molar refractivity (Wildman–Crippen MR) is 96.3 cm³/mol. The number of anilines is 4. The minimum Gasteiger partial charge on any atom is -0.324 e. The van der Waals surface area contributed by atoms with E-state index >= 15 is 0 Å². The Kier molecular flexibility index (Phi) is 4.98. The second-order valence-electron chi connectivity index (χ2n) is 5.81. The topological polar surface area (TPSA) is 113 Å². The molecule has 0 saturated heterocycles. The van der Waals surface area contributed by atoms with E-state index in [0.29, 0.717) is 11.6 Å². The van der Waals surface area contributed by atoms with E-state index in [1.54, 1.807) is 6.07 Å². The van der Waals surface area contributed by atoms with Crippen LogP contribution < -0.4 is 10.6 Å². The van der Waals surface area contributed by atoms with Crippen molar-refractivity contribution in [1.82, 2.24) is 20.2 Å². The molecule has 3 aromatic rings. The van der Waals surface area contributed by atoms with E-state index in [4.69, 9.17) is 0 Å². The summed E-state index contributed by atoms with van der Waals surface area (Å²) < 4.78 is 61.3. The zero-order valence-corrected chi connectivity index (χ0v) is 15.5. The Balaban J connectivity index is 1.83. The number of nitrogens with one attached hydrogen (secondary N) is 3. The Morgan fingerprint density at radius 2 is 1.86 bits per heavy atom. The summed E-state index contributed by atoms with van der Waals surface area (Å²) in [6, 6.07) is 5.92. The van der Waals surface area contributed by atoms with Crippen molar-refractivity contribution in [3.63, 3.8) is 0 Å². The first-order valence-corrected chi connectivity index (χ1v) is 9.36. The third-order valence-corrected chi connectivity index (χ3v) is 5.34. The maximum Gasteiger partial charge on any atom is 0.501 e. The predicted octanol–water partition coefficient (Wildman–Crippen LogP) is 3.60. The van der Waals surface area contributed by atoms with Gasteiger partial charge in [0.1, 0.15) is 5.82 Å². The smallest absolute Gasteiger partial charge is 0.324 e. The van der Waals surface area contributed by atoms with Gasteiger partial charge in [0, 0.05) is 23.1 Å².